The first-order valence-electron chi connectivity index (χ1n) is 4.12. The molecule has 0 aromatic heterocycles. The minimum absolute atomic E-state index is 0. The lowest BCUT2D eigenvalue weighted by Crippen LogP contribution is -2.12. The predicted octanol–water partition coefficient (Wildman–Crippen LogP) is 1.79. The molecule has 0 saturated heterocycles. The van der Waals surface area contributed by atoms with Crippen molar-refractivity contribution in [1.82, 2.24) is 11.1 Å². The number of hydrogen-bond donors (Lipinski definition) is 1. The Morgan fingerprint density at radius 1 is 1.50 bits per heavy atom. The van der Waals surface area contributed by atoms with Crippen LogP contribution in [-0.2, 0) is 9.53 Å². The minimum Gasteiger partial charge on any atom is -0.446 e. The zero-order valence-electron chi connectivity index (χ0n) is 9.05. The average Bonchev–Trinajstić information content (AvgIpc) is 2.04. The Bertz CT molecular complexity index is 193. The van der Waals surface area contributed by atoms with Gasteiger partial charge in [0.1, 0.15) is 0 Å². The maximum Gasteiger partial charge on any atom is 0.334 e. The second kappa shape index (κ2) is 8.99. The molecule has 0 amide bonds. The molecule has 0 spiro atoms. The summed E-state index contributed by atoms with van der Waals surface area (Å²) in [6.45, 7) is 2.65. The first-order valence-corrected chi connectivity index (χ1v) is 4.66. The van der Waals surface area contributed by atoms with Gasteiger partial charge in [-0.25, -0.2) is 4.79 Å². The smallest absolute Gasteiger partial charge is 0.334 e. The maximum atomic E-state index is 11.0. The van der Waals surface area contributed by atoms with Crippen LogP contribution in [0.4, 0.5) is 0 Å². The van der Waals surface area contributed by atoms with Crippen molar-refractivity contribution in [3.05, 3.63) is 11.6 Å². The molecule has 4 nitrogen and oxygen atoms in total. The highest BCUT2D eigenvalue weighted by atomic mass is 35.5. The summed E-state index contributed by atoms with van der Waals surface area (Å²) in [5.41, 5.74) is 0.613. The molecule has 0 aromatic carbocycles. The van der Waals surface area contributed by atoms with E-state index >= 15 is 0 Å². The first-order chi connectivity index (χ1) is 6.07. The van der Waals surface area contributed by atoms with Gasteiger partial charge in [0, 0.05) is 12.1 Å². The van der Waals surface area contributed by atoms with Crippen LogP contribution in [0.3, 0.4) is 0 Å². The molecule has 0 aliphatic rings. The van der Waals surface area contributed by atoms with E-state index < -0.39 is 0 Å². The molecule has 0 heterocycles. The zero-order valence-corrected chi connectivity index (χ0v) is 9.80. The molecule has 0 aliphatic carbocycles. The van der Waals surface area contributed by atoms with Crippen molar-refractivity contribution >= 4 is 17.6 Å². The van der Waals surface area contributed by atoms with Crippen molar-refractivity contribution in [3.63, 3.8) is 0 Å². The quantitative estimate of drug-likeness (QED) is 0.438. The molecule has 0 radical (unpaired) electrons. The Balaban J connectivity index is 0. The van der Waals surface area contributed by atoms with E-state index in [-0.39, 0.29) is 18.2 Å². The molecule has 0 fully saturated rings. The van der Waals surface area contributed by atoms with E-state index in [0.717, 1.165) is 13.0 Å². The topological polar surface area (TPSA) is 64.5 Å². The zero-order chi connectivity index (χ0) is 10.3. The van der Waals surface area contributed by atoms with Crippen LogP contribution < -0.4 is 6.15 Å². The number of hydrogen-bond acceptors (Lipinski definition) is 4. The number of ether oxygens (including phenoxy) is 1. The third kappa shape index (κ3) is 8.04. The fourth-order valence-electron chi connectivity index (χ4n) is 0.786. The van der Waals surface area contributed by atoms with Crippen LogP contribution in [0.1, 0.15) is 13.3 Å². The number of esters is 1. The summed E-state index contributed by atoms with van der Waals surface area (Å²) in [7, 11) is 3.97. The lowest BCUT2D eigenvalue weighted by molar-refractivity contribution is -0.136. The molecular weight excluding hydrogens is 204 g/mol. The Hall–Kier alpha value is -0.580. The molecule has 0 atom stereocenters. The van der Waals surface area contributed by atoms with Crippen LogP contribution in [0.2, 0.25) is 0 Å². The number of alkyl halides is 1. The fraction of sp³-hybridized carbons (Fsp3) is 0.667. The lowest BCUT2D eigenvalue weighted by Gasteiger charge is -2.06. The van der Waals surface area contributed by atoms with Gasteiger partial charge >= 0.3 is 5.97 Å². The number of nitrogens with zero attached hydrogens (tertiary/aromatic N) is 1. The SMILES string of the molecule is CC(=CCCN(C)C)C(=O)OCCl.N. The van der Waals surface area contributed by atoms with Crippen molar-refractivity contribution in [1.29, 1.82) is 0 Å². The lowest BCUT2D eigenvalue weighted by atomic mass is 10.2. The predicted molar refractivity (Wildman–Crippen MR) is 58.8 cm³/mol. The highest BCUT2D eigenvalue weighted by Gasteiger charge is 2.03. The largest absolute Gasteiger partial charge is 0.446 e. The van der Waals surface area contributed by atoms with Crippen LogP contribution >= 0.6 is 11.6 Å². The van der Waals surface area contributed by atoms with Gasteiger partial charge in [-0.2, -0.15) is 0 Å². The molecule has 14 heavy (non-hydrogen) atoms. The molecule has 0 aromatic rings. The third-order valence-corrected chi connectivity index (χ3v) is 1.64. The van der Waals surface area contributed by atoms with Gasteiger partial charge in [-0.15, -0.1) is 0 Å². The van der Waals surface area contributed by atoms with E-state index in [1.807, 2.05) is 20.2 Å². The summed E-state index contributed by atoms with van der Waals surface area (Å²) in [4.78, 5) is 13.1. The van der Waals surface area contributed by atoms with Crippen molar-refractivity contribution < 1.29 is 9.53 Å². The van der Waals surface area contributed by atoms with Crippen molar-refractivity contribution in [2.24, 2.45) is 0 Å². The molecule has 5 heteroatoms. The highest BCUT2D eigenvalue weighted by Crippen LogP contribution is 1.99. The van der Waals surface area contributed by atoms with Gasteiger partial charge < -0.3 is 15.8 Å². The van der Waals surface area contributed by atoms with Gasteiger partial charge in [0.15, 0.2) is 6.07 Å². The van der Waals surface area contributed by atoms with Crippen LogP contribution in [0.25, 0.3) is 0 Å². The highest BCUT2D eigenvalue weighted by molar-refractivity contribution is 6.17. The summed E-state index contributed by atoms with van der Waals surface area (Å²) in [6, 6.07) is -0.0856. The standard InChI is InChI=1S/C9H16ClNO2.H3N/c1-8(9(12)13-7-10)5-4-6-11(2)3;/h5H,4,6-7H2,1-3H3;1H3. The van der Waals surface area contributed by atoms with Gasteiger partial charge in [0.2, 0.25) is 0 Å². The second-order valence-electron chi connectivity index (χ2n) is 3.02. The Kier molecular flexibility index (Phi) is 10.2. The number of carbonyl (C=O) groups is 1. The first kappa shape index (κ1) is 15.9. The summed E-state index contributed by atoms with van der Waals surface area (Å²) in [5.74, 6) is -0.339. The summed E-state index contributed by atoms with van der Waals surface area (Å²) < 4.78 is 4.61. The Morgan fingerprint density at radius 2 is 2.07 bits per heavy atom. The second-order valence-corrected chi connectivity index (χ2v) is 3.24. The molecule has 0 aliphatic heterocycles. The summed E-state index contributed by atoms with van der Waals surface area (Å²) in [5, 5.41) is 0. The molecule has 84 valence electrons. The van der Waals surface area contributed by atoms with Crippen LogP contribution in [0.15, 0.2) is 11.6 Å². The molecular formula is C9H19ClN2O2. The maximum absolute atomic E-state index is 11.0. The molecule has 0 bridgehead atoms. The van der Waals surface area contributed by atoms with E-state index in [2.05, 4.69) is 9.64 Å². The van der Waals surface area contributed by atoms with Crippen LogP contribution in [0, 0.1) is 0 Å². The molecule has 0 unspecified atom stereocenters. The monoisotopic (exact) mass is 222 g/mol. The minimum atomic E-state index is -0.339. The Labute approximate surface area is 90.4 Å². The van der Waals surface area contributed by atoms with Crippen molar-refractivity contribution in [3.8, 4) is 0 Å². The Morgan fingerprint density at radius 3 is 2.50 bits per heavy atom. The van der Waals surface area contributed by atoms with Gasteiger partial charge in [-0.1, -0.05) is 17.7 Å². The van der Waals surface area contributed by atoms with Gasteiger partial charge in [0.05, 0.1) is 0 Å². The van der Waals surface area contributed by atoms with E-state index in [1.54, 1.807) is 6.92 Å². The van der Waals surface area contributed by atoms with Crippen molar-refractivity contribution in [2.75, 3.05) is 26.7 Å². The summed E-state index contributed by atoms with van der Waals surface area (Å²) in [6.07, 6.45) is 2.70. The number of halogens is 1. The van der Waals surface area contributed by atoms with Gasteiger partial charge in [-0.3, -0.25) is 0 Å². The molecule has 0 rings (SSSR count). The number of rotatable bonds is 5. The fourth-order valence-corrected chi connectivity index (χ4v) is 0.885. The van der Waals surface area contributed by atoms with Crippen molar-refractivity contribution in [2.45, 2.75) is 13.3 Å². The van der Waals surface area contributed by atoms with E-state index in [4.69, 9.17) is 11.6 Å². The van der Waals surface area contributed by atoms with Gasteiger partial charge in [-0.05, 0) is 27.4 Å². The van der Waals surface area contributed by atoms with Crippen LogP contribution in [-0.4, -0.2) is 37.6 Å². The summed E-state index contributed by atoms with van der Waals surface area (Å²) >= 11 is 5.25. The third-order valence-electron chi connectivity index (χ3n) is 1.53. The average molecular weight is 223 g/mol. The normalized spacial score (nSPS) is 11.1. The van der Waals surface area contributed by atoms with E-state index in [1.165, 1.54) is 0 Å². The molecule has 3 N–H and O–H groups in total. The number of carbonyl (C=O) groups excluding carboxylic acids is 1. The molecule has 0 saturated carbocycles. The van der Waals surface area contributed by atoms with Crippen LogP contribution in [0.5, 0.6) is 0 Å². The van der Waals surface area contributed by atoms with E-state index in [9.17, 15) is 4.79 Å². The van der Waals surface area contributed by atoms with E-state index in [0.29, 0.717) is 5.57 Å². The van der Waals surface area contributed by atoms with Gasteiger partial charge in [0.25, 0.3) is 0 Å².